The van der Waals surface area contributed by atoms with Gasteiger partial charge in [-0.2, -0.15) is 0 Å². The first-order valence-electron chi connectivity index (χ1n) is 17.6. The summed E-state index contributed by atoms with van der Waals surface area (Å²) in [7, 11) is -5.25. The van der Waals surface area contributed by atoms with Crippen LogP contribution in [0.5, 0.6) is 0 Å². The monoisotopic (exact) mass is 898 g/mol. The maximum atomic E-state index is 16.3. The number of carbonyl (C=O) groups is 1. The minimum absolute atomic E-state index is 0.000401. The van der Waals surface area contributed by atoms with E-state index in [0.29, 0.717) is 35.5 Å². The van der Waals surface area contributed by atoms with E-state index < -0.39 is 106 Å². The number of phosphoric ester groups is 1. The van der Waals surface area contributed by atoms with Crippen LogP contribution in [0.25, 0.3) is 21.6 Å². The van der Waals surface area contributed by atoms with Crippen LogP contribution in [0.4, 0.5) is 14.6 Å². The largest absolute Gasteiger partial charge is 0.472 e. The van der Waals surface area contributed by atoms with Gasteiger partial charge in [-0.15, -0.1) is 0 Å². The number of nitrogens with zero attached hydrogens (tertiary/aromatic N) is 8. The normalized spacial score (nSPS) is 31.2. The molecule has 6 rings (SSSR count). The van der Waals surface area contributed by atoms with Crippen LogP contribution in [0.1, 0.15) is 18.9 Å². The van der Waals surface area contributed by atoms with E-state index in [2.05, 4.69) is 25.0 Å². The van der Waals surface area contributed by atoms with E-state index in [9.17, 15) is 28.4 Å². The lowest BCUT2D eigenvalue weighted by atomic mass is 10.1. The molecule has 0 spiro atoms. The Bertz CT molecular complexity index is 2200. The SMILES string of the molecule is [N-]=[N+]=NCCCOCCOCCOCC(=O)CSP1(=O)OC[C@H]2O[C@@H](n3cnc4c(N)ncnc43)[C@H](F)[C@@H]2OP(=O)(O)OC[C@H]2O[C@@H](n3ccc(=O)[nH]c3=O)[C@H](F)[C@@H]2O1. The van der Waals surface area contributed by atoms with Crippen molar-refractivity contribution in [1.82, 2.24) is 29.1 Å². The van der Waals surface area contributed by atoms with E-state index in [1.54, 1.807) is 0 Å². The Morgan fingerprint density at radius 2 is 1.66 bits per heavy atom. The smallest absolute Gasteiger partial charge is 0.382 e. The molecule has 3 aliphatic rings. The third-order valence-corrected chi connectivity index (χ3v) is 13.3. The number of halogens is 2. The molecule has 10 atom stereocenters. The van der Waals surface area contributed by atoms with Gasteiger partial charge in [-0.3, -0.25) is 41.8 Å². The summed E-state index contributed by atoms with van der Waals surface area (Å²) in [6, 6.07) is 0.903. The number of fused-ring (bicyclic) bond motifs is 3. The number of hydrogen-bond donors (Lipinski definition) is 3. The van der Waals surface area contributed by atoms with Crippen LogP contribution in [-0.2, 0) is 55.7 Å². The second kappa shape index (κ2) is 20.2. The van der Waals surface area contributed by atoms with Crippen LogP contribution < -0.4 is 17.0 Å². The molecule has 3 aliphatic heterocycles. The third kappa shape index (κ3) is 11.4. The van der Waals surface area contributed by atoms with Crippen LogP contribution >= 0.6 is 26.0 Å². The molecule has 4 N–H and O–H groups in total. The standard InChI is InChI=1S/C29H38F2N10O15P2S/c30-20-23-18(54-28(20)41-15-36-22-25(32)34-14-35-26(22)41)12-52-58(47,59-13-16(42)10-50-9-8-49-7-6-48-5-1-3-37-39-33)56-24-17(11-51-57(45,46)55-23)53-27(21(24)31)40-4-2-19(43)38-29(40)44/h2,4,14-15,17-18,20-21,23-24,27-28H,1,3,5-13H2,(H,45,46)(H2,32,34,35)(H,38,43,44)/t17-,18-,20-,21-,23-,24-,27-,28-,58?/m1/s1. The van der Waals surface area contributed by atoms with Crippen LogP contribution in [0.2, 0.25) is 0 Å². The van der Waals surface area contributed by atoms with Gasteiger partial charge in [0.25, 0.3) is 5.56 Å². The minimum atomic E-state index is -5.25. The highest BCUT2D eigenvalue weighted by Gasteiger charge is 2.55. The first-order chi connectivity index (χ1) is 28.3. The van der Waals surface area contributed by atoms with Gasteiger partial charge in [0, 0.05) is 30.3 Å². The second-order valence-corrected chi connectivity index (χ2v) is 18.1. The summed E-state index contributed by atoms with van der Waals surface area (Å²) >= 11 is 0.321. The molecule has 0 radical (unpaired) electrons. The van der Waals surface area contributed by atoms with Gasteiger partial charge in [0.2, 0.25) is 0 Å². The Morgan fingerprint density at radius 1 is 1.00 bits per heavy atom. The van der Waals surface area contributed by atoms with Gasteiger partial charge >= 0.3 is 20.3 Å². The molecule has 2 unspecified atom stereocenters. The van der Waals surface area contributed by atoms with Gasteiger partial charge in [0.1, 0.15) is 42.9 Å². The Hall–Kier alpha value is -3.72. The van der Waals surface area contributed by atoms with E-state index in [-0.39, 0.29) is 43.4 Å². The molecule has 3 aromatic rings. The Balaban J connectivity index is 1.15. The zero-order valence-electron chi connectivity index (χ0n) is 30.6. The van der Waals surface area contributed by atoms with E-state index >= 15 is 8.78 Å². The number of nitrogens with two attached hydrogens (primary N) is 1. The second-order valence-electron chi connectivity index (χ2n) is 12.7. The van der Waals surface area contributed by atoms with Crippen molar-refractivity contribution in [3.8, 4) is 0 Å². The molecule has 0 saturated carbocycles. The van der Waals surface area contributed by atoms with Gasteiger partial charge < -0.3 is 34.3 Å². The number of anilines is 1. The number of hydrogen-bond acceptors (Lipinski definition) is 20. The molecule has 0 amide bonds. The number of azide groups is 1. The van der Waals surface area contributed by atoms with Crippen molar-refractivity contribution in [3.63, 3.8) is 0 Å². The number of aromatic nitrogens is 6. The fraction of sp³-hybridized carbons (Fsp3) is 0.655. The van der Waals surface area contributed by atoms with Crippen LogP contribution in [0.15, 0.2) is 39.6 Å². The Morgan fingerprint density at radius 3 is 2.37 bits per heavy atom. The Labute approximate surface area is 334 Å². The third-order valence-electron chi connectivity index (χ3n) is 8.63. The fourth-order valence-corrected chi connectivity index (χ4v) is 10.1. The zero-order chi connectivity index (χ0) is 42.2. The van der Waals surface area contributed by atoms with Gasteiger partial charge in [0.05, 0.1) is 51.7 Å². The molecule has 3 aromatic heterocycles. The maximum Gasteiger partial charge on any atom is 0.472 e. The molecule has 30 heteroatoms. The van der Waals surface area contributed by atoms with Gasteiger partial charge in [0.15, 0.2) is 42.0 Å². The fourth-order valence-electron chi connectivity index (χ4n) is 5.90. The van der Waals surface area contributed by atoms with E-state index in [0.717, 1.165) is 29.5 Å². The number of H-pyrrole nitrogens is 1. The number of imidazole rings is 1. The van der Waals surface area contributed by atoms with E-state index in [1.165, 1.54) is 0 Å². The number of phosphoric acid groups is 1. The number of ketones is 1. The predicted molar refractivity (Wildman–Crippen MR) is 196 cm³/mol. The molecule has 0 bridgehead atoms. The number of nitrogens with one attached hydrogen (secondary N) is 1. The topological polar surface area (TPSA) is 328 Å². The highest BCUT2D eigenvalue weighted by molar-refractivity contribution is 8.55. The molecule has 324 valence electrons. The molecule has 3 fully saturated rings. The highest BCUT2D eigenvalue weighted by Crippen LogP contribution is 2.64. The van der Waals surface area contributed by atoms with Crippen molar-refractivity contribution in [2.45, 2.75) is 55.6 Å². The molecule has 25 nitrogen and oxygen atoms in total. The highest BCUT2D eigenvalue weighted by atomic mass is 32.7. The van der Waals surface area contributed by atoms with Crippen molar-refractivity contribution in [2.24, 2.45) is 5.11 Å². The molecular weight excluding hydrogens is 860 g/mol. The van der Waals surface area contributed by atoms with E-state index in [4.69, 9.17) is 53.0 Å². The quantitative estimate of drug-likeness (QED) is 0.0568. The maximum absolute atomic E-state index is 16.3. The van der Waals surface area contributed by atoms with Crippen LogP contribution in [0.3, 0.4) is 0 Å². The van der Waals surface area contributed by atoms with Gasteiger partial charge in [-0.1, -0.05) is 5.11 Å². The number of ether oxygens (including phenoxy) is 5. The predicted octanol–water partition coefficient (Wildman–Crippen LogP) is 1.51. The number of aromatic amines is 1. The zero-order valence-corrected chi connectivity index (χ0v) is 33.2. The number of nitrogen functional groups attached to an aromatic ring is 1. The van der Waals surface area contributed by atoms with E-state index in [1.807, 2.05) is 4.98 Å². The molecule has 0 aromatic carbocycles. The van der Waals surface area contributed by atoms with Crippen LogP contribution in [0, 0.1) is 0 Å². The molecular formula is C29H38F2N10O15P2S. The number of Topliss-reactive ketones (excluding diaryl/α,β-unsaturated/α-hetero) is 1. The minimum Gasteiger partial charge on any atom is -0.382 e. The molecule has 59 heavy (non-hydrogen) atoms. The summed E-state index contributed by atoms with van der Waals surface area (Å²) in [5, 5.41) is 3.39. The van der Waals surface area contributed by atoms with Crippen LogP contribution in [-0.4, -0.2) is 142 Å². The van der Waals surface area contributed by atoms with Crippen molar-refractivity contribution in [3.05, 3.63) is 56.2 Å². The molecule has 3 saturated heterocycles. The van der Waals surface area contributed by atoms with Crippen molar-refractivity contribution in [2.75, 3.05) is 70.9 Å². The van der Waals surface area contributed by atoms with Crippen molar-refractivity contribution in [1.29, 1.82) is 0 Å². The first-order valence-corrected chi connectivity index (χ1v) is 22.2. The summed E-state index contributed by atoms with van der Waals surface area (Å²) in [6.07, 6.45) is -11.6. The number of carbonyl (C=O) groups excluding carboxylic acids is 1. The summed E-state index contributed by atoms with van der Waals surface area (Å²) in [5.41, 5.74) is 12.3. The van der Waals surface area contributed by atoms with Crippen molar-refractivity contribution < 1.29 is 69.4 Å². The summed E-state index contributed by atoms with van der Waals surface area (Å²) in [5.74, 6) is -1.22. The Kier molecular flexibility index (Phi) is 15.4. The lowest BCUT2D eigenvalue weighted by Gasteiger charge is -2.29. The average molecular weight is 899 g/mol. The first kappa shape index (κ1) is 44.8. The van der Waals surface area contributed by atoms with Gasteiger partial charge in [-0.05, 0) is 23.3 Å². The summed E-state index contributed by atoms with van der Waals surface area (Å²) < 4.78 is 111. The summed E-state index contributed by atoms with van der Waals surface area (Å²) in [4.78, 5) is 64.3. The average Bonchev–Trinajstić information content (AvgIpc) is 3.86. The lowest BCUT2D eigenvalue weighted by molar-refractivity contribution is -0.121. The lowest BCUT2D eigenvalue weighted by Crippen LogP contribution is -2.38. The van der Waals surface area contributed by atoms with Gasteiger partial charge in [-0.25, -0.2) is 37.7 Å². The molecule has 6 heterocycles. The number of alkyl halides is 2. The van der Waals surface area contributed by atoms with Crippen molar-refractivity contribution >= 4 is 48.8 Å². The molecule has 0 aliphatic carbocycles. The summed E-state index contributed by atoms with van der Waals surface area (Å²) in [6.45, 7) is -5.80. The number of rotatable bonds is 17.